The number of amides is 1. The van der Waals surface area contributed by atoms with Crippen molar-refractivity contribution in [2.24, 2.45) is 0 Å². The Hall–Kier alpha value is -2.81. The van der Waals surface area contributed by atoms with Crippen LogP contribution in [-0.4, -0.2) is 58.1 Å². The number of hydrogen-bond donors (Lipinski definition) is 0. The summed E-state index contributed by atoms with van der Waals surface area (Å²) < 4.78 is 11.7. The number of thioether (sulfide) groups is 1. The molecule has 9 heteroatoms. The number of esters is 2. The van der Waals surface area contributed by atoms with Crippen molar-refractivity contribution >= 4 is 35.3 Å². The highest BCUT2D eigenvalue weighted by Crippen LogP contribution is 2.28. The summed E-state index contributed by atoms with van der Waals surface area (Å²) in [6, 6.07) is 5.61. The second kappa shape index (κ2) is 8.26. The Bertz CT molecular complexity index is 921. The van der Waals surface area contributed by atoms with Crippen LogP contribution in [0.2, 0.25) is 0 Å². The number of aromatic nitrogens is 2. The number of imidazole rings is 1. The van der Waals surface area contributed by atoms with Gasteiger partial charge in [-0.05, 0) is 25.5 Å². The number of methoxy groups -OCH3 is 1. The van der Waals surface area contributed by atoms with Crippen LogP contribution in [0.4, 0.5) is 0 Å². The van der Waals surface area contributed by atoms with E-state index < -0.39 is 11.9 Å². The molecule has 1 aliphatic heterocycles. The van der Waals surface area contributed by atoms with Gasteiger partial charge in [0.05, 0.1) is 30.6 Å². The van der Waals surface area contributed by atoms with Crippen LogP contribution in [0.15, 0.2) is 35.5 Å². The van der Waals surface area contributed by atoms with Gasteiger partial charge in [0.1, 0.15) is 5.65 Å². The maximum absolute atomic E-state index is 12.2. The molecule has 0 saturated carbocycles. The number of aryl methyl sites for hydroxylation is 1. The van der Waals surface area contributed by atoms with E-state index in [0.29, 0.717) is 23.6 Å². The number of rotatable bonds is 6. The van der Waals surface area contributed by atoms with Crippen LogP contribution in [0.5, 0.6) is 0 Å². The van der Waals surface area contributed by atoms with E-state index in [0.717, 1.165) is 5.69 Å². The summed E-state index contributed by atoms with van der Waals surface area (Å²) in [7, 11) is 1.28. The molecule has 27 heavy (non-hydrogen) atoms. The summed E-state index contributed by atoms with van der Waals surface area (Å²) in [6.07, 6.45) is 3.38. The predicted molar refractivity (Wildman–Crippen MR) is 99.1 cm³/mol. The van der Waals surface area contributed by atoms with Gasteiger partial charge in [-0.2, -0.15) is 0 Å². The molecule has 0 radical (unpaired) electrons. The molecule has 8 nitrogen and oxygen atoms in total. The fraction of sp³-hybridized carbons (Fsp3) is 0.333. The fourth-order valence-corrected chi connectivity index (χ4v) is 3.59. The zero-order valence-electron chi connectivity index (χ0n) is 15.0. The molecule has 2 aromatic rings. The van der Waals surface area contributed by atoms with Crippen molar-refractivity contribution < 1.29 is 23.9 Å². The standard InChI is InChI=1S/C18H19N3O5S/c1-12-5-3-6-14-19-13(10-21(12)14)18(24)26-8-4-7-20-15(22)11-27-16(20)9-17(23)25-2/h3,5-6,9-10H,4,7-8,11H2,1-2H3/b16-9-. The smallest absolute Gasteiger partial charge is 0.358 e. The van der Waals surface area contributed by atoms with Gasteiger partial charge in [-0.3, -0.25) is 4.79 Å². The normalized spacial score (nSPS) is 15.6. The molecule has 3 heterocycles. The number of hydrogen-bond acceptors (Lipinski definition) is 7. The van der Waals surface area contributed by atoms with Crippen LogP contribution in [0, 0.1) is 6.92 Å². The lowest BCUT2D eigenvalue weighted by atomic mass is 10.4. The number of fused-ring (bicyclic) bond motifs is 1. The van der Waals surface area contributed by atoms with Gasteiger partial charge in [-0.1, -0.05) is 17.8 Å². The van der Waals surface area contributed by atoms with Gasteiger partial charge in [0.25, 0.3) is 0 Å². The molecule has 3 rings (SSSR count). The first-order chi connectivity index (χ1) is 13.0. The van der Waals surface area contributed by atoms with Crippen molar-refractivity contribution in [3.8, 4) is 0 Å². The molecule has 142 valence electrons. The van der Waals surface area contributed by atoms with Crippen molar-refractivity contribution in [3.05, 3.63) is 46.9 Å². The largest absolute Gasteiger partial charge is 0.466 e. The van der Waals surface area contributed by atoms with E-state index in [1.807, 2.05) is 29.5 Å². The summed E-state index contributed by atoms with van der Waals surface area (Å²) in [5.41, 5.74) is 1.89. The van der Waals surface area contributed by atoms with E-state index in [1.54, 1.807) is 6.20 Å². The molecule has 0 aromatic carbocycles. The van der Waals surface area contributed by atoms with Crippen LogP contribution in [0.25, 0.3) is 5.65 Å². The van der Waals surface area contributed by atoms with Crippen LogP contribution < -0.4 is 0 Å². The third-order valence-corrected chi connectivity index (χ3v) is 5.04. The van der Waals surface area contributed by atoms with Crippen molar-refractivity contribution in [1.82, 2.24) is 14.3 Å². The Morgan fingerprint density at radius 2 is 2.19 bits per heavy atom. The minimum atomic E-state index is -0.509. The maximum Gasteiger partial charge on any atom is 0.358 e. The van der Waals surface area contributed by atoms with Crippen molar-refractivity contribution in [1.29, 1.82) is 0 Å². The molecular weight excluding hydrogens is 370 g/mol. The second-order valence-corrected chi connectivity index (χ2v) is 6.85. The van der Waals surface area contributed by atoms with E-state index >= 15 is 0 Å². The Labute approximate surface area is 160 Å². The Morgan fingerprint density at radius 1 is 1.37 bits per heavy atom. The summed E-state index contributed by atoms with van der Waals surface area (Å²) >= 11 is 1.28. The molecule has 1 aliphatic rings. The van der Waals surface area contributed by atoms with E-state index in [-0.39, 0.29) is 24.0 Å². The lowest BCUT2D eigenvalue weighted by Crippen LogP contribution is -2.27. The highest BCUT2D eigenvalue weighted by atomic mass is 32.2. The highest BCUT2D eigenvalue weighted by Gasteiger charge is 2.27. The molecule has 2 aromatic heterocycles. The van der Waals surface area contributed by atoms with Gasteiger partial charge in [0, 0.05) is 18.4 Å². The van der Waals surface area contributed by atoms with Crippen LogP contribution in [0.1, 0.15) is 22.6 Å². The third kappa shape index (κ3) is 4.30. The zero-order chi connectivity index (χ0) is 19.4. The van der Waals surface area contributed by atoms with Gasteiger partial charge in [0.15, 0.2) is 5.69 Å². The van der Waals surface area contributed by atoms with Gasteiger partial charge in [0.2, 0.25) is 5.91 Å². The van der Waals surface area contributed by atoms with E-state index in [1.165, 1.54) is 29.8 Å². The molecule has 0 aliphatic carbocycles. The first-order valence-corrected chi connectivity index (χ1v) is 9.33. The van der Waals surface area contributed by atoms with Gasteiger partial charge in [-0.15, -0.1) is 0 Å². The minimum absolute atomic E-state index is 0.0858. The summed E-state index contributed by atoms with van der Waals surface area (Å²) in [5, 5.41) is 0.550. The van der Waals surface area contributed by atoms with E-state index in [2.05, 4.69) is 9.72 Å². The van der Waals surface area contributed by atoms with Crippen molar-refractivity contribution in [2.75, 3.05) is 26.0 Å². The molecule has 1 saturated heterocycles. The quantitative estimate of drug-likeness (QED) is 0.423. The first-order valence-electron chi connectivity index (χ1n) is 8.34. The van der Waals surface area contributed by atoms with Crippen molar-refractivity contribution in [3.63, 3.8) is 0 Å². The van der Waals surface area contributed by atoms with E-state index in [9.17, 15) is 14.4 Å². The Balaban J connectivity index is 1.53. The predicted octanol–water partition coefficient (Wildman–Crippen LogP) is 1.78. The molecular formula is C18H19N3O5S. The number of nitrogens with zero attached hydrogens (tertiary/aromatic N) is 3. The lowest BCUT2D eigenvalue weighted by Gasteiger charge is -2.16. The second-order valence-electron chi connectivity index (χ2n) is 5.85. The first kappa shape index (κ1) is 19.0. The minimum Gasteiger partial charge on any atom is -0.466 e. The zero-order valence-corrected chi connectivity index (χ0v) is 15.8. The number of carbonyl (C=O) groups is 3. The summed E-state index contributed by atoms with van der Waals surface area (Å²) in [4.78, 5) is 41.2. The van der Waals surface area contributed by atoms with Gasteiger partial charge in [-0.25, -0.2) is 14.6 Å². The molecule has 0 unspecified atom stereocenters. The number of pyridine rings is 1. The topological polar surface area (TPSA) is 90.2 Å². The van der Waals surface area contributed by atoms with Crippen LogP contribution in [0.3, 0.4) is 0 Å². The van der Waals surface area contributed by atoms with E-state index in [4.69, 9.17) is 4.74 Å². The average molecular weight is 389 g/mol. The monoisotopic (exact) mass is 389 g/mol. The van der Waals surface area contributed by atoms with Gasteiger partial charge >= 0.3 is 11.9 Å². The Kier molecular flexibility index (Phi) is 5.80. The third-order valence-electron chi connectivity index (χ3n) is 4.02. The lowest BCUT2D eigenvalue weighted by molar-refractivity contribution is -0.134. The maximum atomic E-state index is 12.2. The molecule has 0 spiro atoms. The molecule has 0 N–H and O–H groups in total. The molecule has 1 amide bonds. The number of ether oxygens (including phenoxy) is 2. The average Bonchev–Trinajstić information content (AvgIpc) is 3.24. The summed E-state index contributed by atoms with van der Waals surface area (Å²) in [6.45, 7) is 2.42. The Morgan fingerprint density at radius 3 is 2.93 bits per heavy atom. The summed E-state index contributed by atoms with van der Waals surface area (Å²) in [5.74, 6) is -0.822. The molecule has 0 atom stereocenters. The molecule has 1 fully saturated rings. The van der Waals surface area contributed by atoms with Crippen molar-refractivity contribution in [2.45, 2.75) is 13.3 Å². The fourth-order valence-electron chi connectivity index (χ4n) is 2.64. The van der Waals surface area contributed by atoms with Crippen LogP contribution in [-0.2, 0) is 19.1 Å². The van der Waals surface area contributed by atoms with Gasteiger partial charge < -0.3 is 18.8 Å². The number of carbonyl (C=O) groups excluding carboxylic acids is 3. The van der Waals surface area contributed by atoms with Crippen LogP contribution >= 0.6 is 11.8 Å². The SMILES string of the molecule is COC(=O)/C=C1\SCC(=O)N1CCCOC(=O)c1cn2c(C)cccc2n1. The highest BCUT2D eigenvalue weighted by molar-refractivity contribution is 8.04. The molecule has 0 bridgehead atoms.